The van der Waals surface area contributed by atoms with Crippen LogP contribution in [0.1, 0.15) is 37.1 Å². The topological polar surface area (TPSA) is 53.6 Å². The van der Waals surface area contributed by atoms with Crippen molar-refractivity contribution in [1.29, 1.82) is 0 Å². The van der Waals surface area contributed by atoms with Crippen LogP contribution in [0.25, 0.3) is 10.1 Å². The van der Waals surface area contributed by atoms with Crippen molar-refractivity contribution in [3.05, 3.63) is 46.8 Å². The van der Waals surface area contributed by atoms with Gasteiger partial charge in [-0.2, -0.15) is 13.2 Å². The number of piperidine rings is 1. The highest BCUT2D eigenvalue weighted by Gasteiger charge is 2.31. The smallest absolute Gasteiger partial charge is 0.393 e. The molecule has 5 nitrogen and oxygen atoms in total. The second-order valence-electron chi connectivity index (χ2n) is 10.9. The number of rotatable bonds is 9. The summed E-state index contributed by atoms with van der Waals surface area (Å²) in [4.78, 5) is 2.80. The van der Waals surface area contributed by atoms with E-state index in [-0.39, 0.29) is 23.9 Å². The first kappa shape index (κ1) is 31.2. The van der Waals surface area contributed by atoms with Gasteiger partial charge < -0.3 is 24.8 Å². The molecule has 1 saturated heterocycles. The van der Waals surface area contributed by atoms with Gasteiger partial charge in [-0.3, -0.25) is 0 Å². The molecule has 0 unspecified atom stereocenters. The van der Waals surface area contributed by atoms with Gasteiger partial charge in [0.25, 0.3) is 0 Å². The second kappa shape index (κ2) is 13.1. The van der Waals surface area contributed by atoms with Crippen LogP contribution in [0.4, 0.5) is 28.9 Å². The van der Waals surface area contributed by atoms with Crippen molar-refractivity contribution in [3.8, 4) is 17.6 Å². The molecule has 0 saturated carbocycles. The highest BCUT2D eigenvalue weighted by Crippen LogP contribution is 2.40. The zero-order valence-electron chi connectivity index (χ0n) is 23.7. The molecule has 0 radical (unpaired) electrons. The van der Waals surface area contributed by atoms with Crippen LogP contribution in [0.5, 0.6) is 5.75 Å². The molecule has 222 valence electrons. The molecule has 0 bridgehead atoms. The van der Waals surface area contributed by atoms with Gasteiger partial charge in [0, 0.05) is 30.5 Å². The molecule has 0 atom stereocenters. The molecule has 0 spiro atoms. The number of nitrogens with one attached hydrogen (secondary N) is 2. The lowest BCUT2D eigenvalue weighted by atomic mass is 10.0. The minimum Gasteiger partial charge on any atom is -0.461 e. The van der Waals surface area contributed by atoms with Gasteiger partial charge >= 0.3 is 6.18 Å². The Labute approximate surface area is 243 Å². The van der Waals surface area contributed by atoms with Crippen molar-refractivity contribution in [2.45, 2.75) is 51.4 Å². The Kier molecular flexibility index (Phi) is 9.94. The lowest BCUT2D eigenvalue weighted by Crippen LogP contribution is -2.42. The number of fused-ring (bicyclic) bond motifs is 1. The summed E-state index contributed by atoms with van der Waals surface area (Å²) in [6, 6.07) is 11.0. The fraction of sp³-hybridized carbons (Fsp3) is 0.467. The van der Waals surface area contributed by atoms with Gasteiger partial charge in [-0.1, -0.05) is 24.0 Å². The average Bonchev–Trinajstić information content (AvgIpc) is 3.24. The van der Waals surface area contributed by atoms with Crippen LogP contribution in [0.15, 0.2) is 36.4 Å². The summed E-state index contributed by atoms with van der Waals surface area (Å²) in [6.45, 7) is 8.59. The Hall–Kier alpha value is -2.73. The van der Waals surface area contributed by atoms with Crippen molar-refractivity contribution in [3.63, 3.8) is 0 Å². The van der Waals surface area contributed by atoms with Gasteiger partial charge in [0.05, 0.1) is 33.9 Å². The molecule has 0 aliphatic carbocycles. The third-order valence-electron chi connectivity index (χ3n) is 7.18. The van der Waals surface area contributed by atoms with E-state index in [2.05, 4.69) is 41.2 Å². The number of benzene rings is 2. The first-order valence-corrected chi connectivity index (χ1v) is 17.0. The van der Waals surface area contributed by atoms with Crippen molar-refractivity contribution in [2.24, 2.45) is 0 Å². The maximum absolute atomic E-state index is 13.6. The third kappa shape index (κ3) is 8.18. The Morgan fingerprint density at radius 3 is 2.51 bits per heavy atom. The largest absolute Gasteiger partial charge is 0.461 e. The first-order valence-electron chi connectivity index (χ1n) is 13.6. The van der Waals surface area contributed by atoms with Crippen LogP contribution in [-0.4, -0.2) is 63.0 Å². The quantitative estimate of drug-likeness (QED) is 0.151. The lowest BCUT2D eigenvalue weighted by molar-refractivity contribution is -0.126. The van der Waals surface area contributed by atoms with E-state index < -0.39 is 26.6 Å². The number of hydrogen-bond donors (Lipinski definition) is 2. The number of anilines is 2. The van der Waals surface area contributed by atoms with Gasteiger partial charge in [-0.15, -0.1) is 11.3 Å². The number of hydrogen-bond acceptors (Lipinski definition) is 6. The molecule has 11 heteroatoms. The summed E-state index contributed by atoms with van der Waals surface area (Å²) in [7, 11) is -2.58. The Morgan fingerprint density at radius 1 is 1.15 bits per heavy atom. The minimum atomic E-state index is -4.38. The summed E-state index contributed by atoms with van der Waals surface area (Å²) in [5.74, 6) is 6.06. The fourth-order valence-electron chi connectivity index (χ4n) is 4.98. The van der Waals surface area contributed by atoms with E-state index in [1.165, 1.54) is 17.4 Å². The summed E-state index contributed by atoms with van der Waals surface area (Å²) < 4.78 is 72.0. The second-order valence-corrected chi connectivity index (χ2v) is 15.1. The van der Waals surface area contributed by atoms with E-state index in [4.69, 9.17) is 4.74 Å². The molecule has 4 rings (SSSR count). The van der Waals surface area contributed by atoms with Gasteiger partial charge in [-0.05, 0) is 75.2 Å². The summed E-state index contributed by atoms with van der Waals surface area (Å²) in [6.07, 6.45) is -3.51. The minimum absolute atomic E-state index is 0.0944. The zero-order chi connectivity index (χ0) is 29.8. The van der Waals surface area contributed by atoms with Crippen LogP contribution in [-0.2, 0) is 11.0 Å². The van der Waals surface area contributed by atoms with Crippen molar-refractivity contribution in [2.75, 3.05) is 50.5 Å². The van der Waals surface area contributed by atoms with Gasteiger partial charge in [-0.25, -0.2) is 4.39 Å². The molecule has 2 aromatic carbocycles. The zero-order valence-corrected chi connectivity index (χ0v) is 25.4. The average molecular weight is 610 g/mol. The highest BCUT2D eigenvalue weighted by molar-refractivity contribution is 7.70. The van der Waals surface area contributed by atoms with Crippen LogP contribution >= 0.6 is 18.5 Å². The highest BCUT2D eigenvalue weighted by atomic mass is 32.1. The Balaban J connectivity index is 1.57. The normalized spacial score (nSPS) is 15.1. The van der Waals surface area contributed by atoms with Gasteiger partial charge in [0.15, 0.2) is 0 Å². The van der Waals surface area contributed by atoms with Crippen LogP contribution in [0.3, 0.4) is 0 Å². The summed E-state index contributed by atoms with van der Waals surface area (Å²) in [5, 5.41) is 7.74. The number of likely N-dealkylation sites (tertiary alicyclic amines) is 1. The van der Waals surface area contributed by atoms with E-state index in [0.29, 0.717) is 27.3 Å². The predicted octanol–water partition coefficient (Wildman–Crippen LogP) is 7.31. The standard InChI is InChI=1S/C30H36F4N3O2PS/c1-20(2)37-15-12-21(13-16-37)36-26-8-5-7-23-24(18-30(32,33)34)28(41-29(23)26)9-6-14-35-25-11-10-22(40(3,4)38)17-27(25)39-19-31/h5,7-8,10-11,17,20-21,35-36H,12-16,18-19H2,1-4H3. The molecule has 2 heterocycles. The maximum Gasteiger partial charge on any atom is 0.393 e. The molecule has 2 N–H and O–H groups in total. The Morgan fingerprint density at radius 2 is 1.88 bits per heavy atom. The van der Waals surface area contributed by atoms with E-state index in [1.54, 1.807) is 37.6 Å². The third-order valence-corrected chi connectivity index (χ3v) is 9.90. The Bertz CT molecular complexity index is 1460. The lowest BCUT2D eigenvalue weighted by Gasteiger charge is -2.35. The number of nitrogens with zero attached hydrogens (tertiary/aromatic N) is 1. The molecule has 0 amide bonds. The van der Waals surface area contributed by atoms with Gasteiger partial charge in [0.1, 0.15) is 12.9 Å². The molecule has 3 aromatic rings. The van der Waals surface area contributed by atoms with Crippen LogP contribution < -0.4 is 20.7 Å². The predicted molar refractivity (Wildman–Crippen MR) is 162 cm³/mol. The molecule has 1 aliphatic heterocycles. The van der Waals surface area contributed by atoms with Crippen molar-refractivity contribution in [1.82, 2.24) is 4.90 Å². The fourth-order valence-corrected chi connectivity index (χ4v) is 7.01. The van der Waals surface area contributed by atoms with E-state index in [1.807, 2.05) is 6.07 Å². The van der Waals surface area contributed by atoms with Crippen molar-refractivity contribution >= 4 is 45.2 Å². The van der Waals surface area contributed by atoms with Crippen LogP contribution in [0.2, 0.25) is 0 Å². The number of halogens is 4. The number of alkyl halides is 4. The van der Waals surface area contributed by atoms with Gasteiger partial charge in [0.2, 0.25) is 6.86 Å². The van der Waals surface area contributed by atoms with E-state index in [9.17, 15) is 22.1 Å². The molecular formula is C30H36F4N3O2PS. The molecule has 1 aromatic heterocycles. The molecule has 1 fully saturated rings. The monoisotopic (exact) mass is 609 g/mol. The van der Waals surface area contributed by atoms with Crippen LogP contribution in [0, 0.1) is 11.8 Å². The first-order chi connectivity index (χ1) is 19.4. The molecular weight excluding hydrogens is 573 g/mol. The molecule has 41 heavy (non-hydrogen) atoms. The maximum atomic E-state index is 13.6. The summed E-state index contributed by atoms with van der Waals surface area (Å²) >= 11 is 1.27. The SMILES string of the molecule is CC(C)N1CCC(Nc2cccc3c(CC(F)(F)F)c(C#CCNc4ccc(P(C)(C)=O)cc4OCF)sc23)CC1. The number of ether oxygens (including phenoxy) is 1. The van der Waals surface area contributed by atoms with E-state index in [0.717, 1.165) is 36.3 Å². The molecule has 1 aliphatic rings. The number of thiophene rings is 1. The van der Waals surface area contributed by atoms with Crippen molar-refractivity contribution < 1.29 is 26.9 Å². The summed E-state index contributed by atoms with van der Waals surface area (Å²) in [5.41, 5.74) is 1.47. The van der Waals surface area contributed by atoms with E-state index >= 15 is 0 Å².